The highest BCUT2D eigenvalue weighted by Gasteiger charge is 1.96. The molecule has 0 unspecified atom stereocenters. The first-order chi connectivity index (χ1) is 5.74. The molecule has 1 aromatic rings. The number of nitrogens with two attached hydrogens (primary N) is 2. The molecule has 0 radical (unpaired) electrons. The van der Waals surface area contributed by atoms with Crippen molar-refractivity contribution >= 4 is 11.4 Å². The summed E-state index contributed by atoms with van der Waals surface area (Å²) in [5.74, 6) is 0. The van der Waals surface area contributed by atoms with Gasteiger partial charge in [0.15, 0.2) is 0 Å². The fraction of sp³-hybridized carbons (Fsp3) is 0.333. The maximum Gasteiger partial charge on any atom is 0.0574 e. The lowest BCUT2D eigenvalue weighted by Crippen LogP contribution is -2.13. The van der Waals surface area contributed by atoms with Gasteiger partial charge in [-0.25, -0.2) is 0 Å². The molecule has 0 amide bonds. The molecule has 0 aliphatic rings. The van der Waals surface area contributed by atoms with Crippen LogP contribution >= 0.6 is 0 Å². The Labute approximate surface area is 72.8 Å². The lowest BCUT2D eigenvalue weighted by Gasteiger charge is -2.08. The second-order valence-corrected chi connectivity index (χ2v) is 2.81. The standard InChI is InChI=1S/C9H15N3/c1-7-2-3-9(8(11)6-7)12-5-4-10/h2-3,6,12H,4-5,10-11H2,1H3. The molecule has 3 nitrogen and oxygen atoms in total. The summed E-state index contributed by atoms with van der Waals surface area (Å²) >= 11 is 0. The van der Waals surface area contributed by atoms with E-state index in [0.29, 0.717) is 6.54 Å². The molecular formula is C9H15N3. The molecule has 1 aromatic carbocycles. The van der Waals surface area contributed by atoms with Gasteiger partial charge in [0.25, 0.3) is 0 Å². The molecule has 5 N–H and O–H groups in total. The lowest BCUT2D eigenvalue weighted by molar-refractivity contribution is 1.02. The first kappa shape index (κ1) is 8.87. The van der Waals surface area contributed by atoms with Crippen LogP contribution in [-0.2, 0) is 0 Å². The zero-order valence-corrected chi connectivity index (χ0v) is 7.30. The Morgan fingerprint density at radius 1 is 1.42 bits per heavy atom. The summed E-state index contributed by atoms with van der Waals surface area (Å²) in [6.07, 6.45) is 0. The van der Waals surface area contributed by atoms with Crippen LogP contribution in [0.1, 0.15) is 5.56 Å². The monoisotopic (exact) mass is 165 g/mol. The van der Waals surface area contributed by atoms with Gasteiger partial charge in [0.1, 0.15) is 0 Å². The molecule has 0 fully saturated rings. The molecule has 0 aliphatic carbocycles. The van der Waals surface area contributed by atoms with Crippen LogP contribution in [0.4, 0.5) is 11.4 Å². The smallest absolute Gasteiger partial charge is 0.0574 e. The van der Waals surface area contributed by atoms with E-state index in [1.807, 2.05) is 25.1 Å². The van der Waals surface area contributed by atoms with Gasteiger partial charge in [0, 0.05) is 13.1 Å². The van der Waals surface area contributed by atoms with E-state index >= 15 is 0 Å². The average Bonchev–Trinajstić information content (AvgIpc) is 2.03. The van der Waals surface area contributed by atoms with E-state index < -0.39 is 0 Å². The molecule has 0 saturated heterocycles. The van der Waals surface area contributed by atoms with Crippen molar-refractivity contribution in [3.8, 4) is 0 Å². The van der Waals surface area contributed by atoms with Gasteiger partial charge in [0.2, 0.25) is 0 Å². The van der Waals surface area contributed by atoms with Crippen LogP contribution in [0.15, 0.2) is 18.2 Å². The van der Waals surface area contributed by atoms with E-state index in [1.165, 1.54) is 5.56 Å². The molecule has 66 valence electrons. The van der Waals surface area contributed by atoms with Gasteiger partial charge in [0.05, 0.1) is 11.4 Å². The molecule has 0 aliphatic heterocycles. The van der Waals surface area contributed by atoms with Crippen molar-refractivity contribution < 1.29 is 0 Å². The lowest BCUT2D eigenvalue weighted by atomic mass is 10.2. The zero-order valence-electron chi connectivity index (χ0n) is 7.30. The summed E-state index contributed by atoms with van der Waals surface area (Å²) in [4.78, 5) is 0. The van der Waals surface area contributed by atoms with Gasteiger partial charge >= 0.3 is 0 Å². The van der Waals surface area contributed by atoms with Gasteiger partial charge < -0.3 is 16.8 Å². The largest absolute Gasteiger partial charge is 0.397 e. The zero-order chi connectivity index (χ0) is 8.97. The number of benzene rings is 1. The van der Waals surface area contributed by atoms with Gasteiger partial charge in [-0.05, 0) is 24.6 Å². The van der Waals surface area contributed by atoms with Crippen molar-refractivity contribution in [3.05, 3.63) is 23.8 Å². The third kappa shape index (κ3) is 2.13. The first-order valence-electron chi connectivity index (χ1n) is 4.04. The number of aryl methyl sites for hydroxylation is 1. The third-order valence-corrected chi connectivity index (χ3v) is 1.67. The Morgan fingerprint density at radius 3 is 2.75 bits per heavy atom. The van der Waals surface area contributed by atoms with Gasteiger partial charge in [-0.1, -0.05) is 6.07 Å². The number of rotatable bonds is 3. The second kappa shape index (κ2) is 3.97. The molecule has 3 heteroatoms. The van der Waals surface area contributed by atoms with E-state index in [2.05, 4.69) is 5.32 Å². The Bertz CT molecular complexity index is 258. The molecule has 0 bridgehead atoms. The molecule has 0 saturated carbocycles. The maximum absolute atomic E-state index is 5.76. The highest BCUT2D eigenvalue weighted by atomic mass is 14.9. The van der Waals surface area contributed by atoms with Gasteiger partial charge in [-0.2, -0.15) is 0 Å². The van der Waals surface area contributed by atoms with Gasteiger partial charge in [-0.3, -0.25) is 0 Å². The predicted octanol–water partition coefficient (Wildman–Crippen LogP) is 0.948. The number of anilines is 2. The van der Waals surface area contributed by atoms with Crippen LogP contribution in [0, 0.1) is 6.92 Å². The van der Waals surface area contributed by atoms with Crippen molar-refractivity contribution in [1.82, 2.24) is 0 Å². The van der Waals surface area contributed by atoms with Crippen LogP contribution < -0.4 is 16.8 Å². The molecule has 1 rings (SSSR count). The van der Waals surface area contributed by atoms with Crippen molar-refractivity contribution in [1.29, 1.82) is 0 Å². The summed E-state index contributed by atoms with van der Waals surface area (Å²) < 4.78 is 0. The highest BCUT2D eigenvalue weighted by molar-refractivity contribution is 5.66. The molecule has 0 atom stereocenters. The third-order valence-electron chi connectivity index (χ3n) is 1.67. The minimum absolute atomic E-state index is 0.618. The van der Waals surface area contributed by atoms with Crippen molar-refractivity contribution in [2.24, 2.45) is 5.73 Å². The van der Waals surface area contributed by atoms with Crippen molar-refractivity contribution in [2.45, 2.75) is 6.92 Å². The van der Waals surface area contributed by atoms with Crippen LogP contribution in [0.2, 0.25) is 0 Å². The van der Waals surface area contributed by atoms with E-state index in [0.717, 1.165) is 17.9 Å². The summed E-state index contributed by atoms with van der Waals surface area (Å²) in [5.41, 5.74) is 14.0. The van der Waals surface area contributed by atoms with E-state index in [4.69, 9.17) is 11.5 Å². The van der Waals surface area contributed by atoms with Crippen LogP contribution in [-0.4, -0.2) is 13.1 Å². The minimum Gasteiger partial charge on any atom is -0.397 e. The fourth-order valence-electron chi connectivity index (χ4n) is 1.05. The van der Waals surface area contributed by atoms with Crippen LogP contribution in [0.3, 0.4) is 0 Å². The van der Waals surface area contributed by atoms with Crippen molar-refractivity contribution in [3.63, 3.8) is 0 Å². The molecule has 0 spiro atoms. The molecule has 12 heavy (non-hydrogen) atoms. The second-order valence-electron chi connectivity index (χ2n) is 2.81. The average molecular weight is 165 g/mol. The number of hydrogen-bond acceptors (Lipinski definition) is 3. The van der Waals surface area contributed by atoms with E-state index in [1.54, 1.807) is 0 Å². The normalized spacial score (nSPS) is 9.83. The SMILES string of the molecule is Cc1ccc(NCCN)c(N)c1. The quantitative estimate of drug-likeness (QED) is 0.584. The number of nitrogens with one attached hydrogen (secondary N) is 1. The maximum atomic E-state index is 5.76. The topological polar surface area (TPSA) is 64.1 Å². The number of nitrogen functional groups attached to an aromatic ring is 1. The Balaban J connectivity index is 2.72. The summed E-state index contributed by atoms with van der Waals surface area (Å²) in [6.45, 7) is 3.39. The van der Waals surface area contributed by atoms with Crippen LogP contribution in [0.25, 0.3) is 0 Å². The summed E-state index contributed by atoms with van der Waals surface area (Å²) in [5, 5.41) is 3.14. The minimum atomic E-state index is 0.618. The van der Waals surface area contributed by atoms with Crippen LogP contribution in [0.5, 0.6) is 0 Å². The predicted molar refractivity (Wildman–Crippen MR) is 53.1 cm³/mol. The van der Waals surface area contributed by atoms with E-state index in [9.17, 15) is 0 Å². The number of hydrogen-bond donors (Lipinski definition) is 3. The Kier molecular flexibility index (Phi) is 2.94. The molecule has 0 heterocycles. The summed E-state index contributed by atoms with van der Waals surface area (Å²) in [6, 6.07) is 5.94. The van der Waals surface area contributed by atoms with Gasteiger partial charge in [-0.15, -0.1) is 0 Å². The Hall–Kier alpha value is -1.22. The van der Waals surface area contributed by atoms with Crippen molar-refractivity contribution in [2.75, 3.05) is 24.1 Å². The van der Waals surface area contributed by atoms with E-state index in [-0.39, 0.29) is 0 Å². The first-order valence-corrected chi connectivity index (χ1v) is 4.04. The fourth-order valence-corrected chi connectivity index (χ4v) is 1.05. The Morgan fingerprint density at radius 2 is 2.17 bits per heavy atom. The highest BCUT2D eigenvalue weighted by Crippen LogP contribution is 2.18. The molecular weight excluding hydrogens is 150 g/mol. The molecule has 0 aromatic heterocycles. The summed E-state index contributed by atoms with van der Waals surface area (Å²) in [7, 11) is 0.